The van der Waals surface area contributed by atoms with E-state index in [0.717, 1.165) is 12.0 Å². The van der Waals surface area contributed by atoms with Gasteiger partial charge in [-0.25, -0.2) is 0 Å². The third-order valence-electron chi connectivity index (χ3n) is 5.17. The van der Waals surface area contributed by atoms with Crippen LogP contribution in [0, 0.1) is 11.3 Å². The van der Waals surface area contributed by atoms with E-state index in [4.69, 9.17) is 5.26 Å². The predicted molar refractivity (Wildman–Crippen MR) is 106 cm³/mol. The SMILES string of the molecule is CCc1ccc(CCC(=O)N2CCN(C(=O)c3[nH]ncc3C#N)CC(O)C2)cc1. The molecule has 0 spiro atoms. The van der Waals surface area contributed by atoms with Crippen molar-refractivity contribution in [1.82, 2.24) is 20.0 Å². The molecule has 1 atom stereocenters. The third kappa shape index (κ3) is 5.00. The third-order valence-corrected chi connectivity index (χ3v) is 5.17. The Balaban J connectivity index is 1.58. The Bertz CT molecular complexity index is 900. The zero-order valence-corrected chi connectivity index (χ0v) is 16.5. The summed E-state index contributed by atoms with van der Waals surface area (Å²) in [5, 5.41) is 25.7. The summed E-state index contributed by atoms with van der Waals surface area (Å²) >= 11 is 0. The molecule has 0 saturated carbocycles. The summed E-state index contributed by atoms with van der Waals surface area (Å²) in [6.45, 7) is 3.02. The number of hydrogen-bond acceptors (Lipinski definition) is 5. The highest BCUT2D eigenvalue weighted by Crippen LogP contribution is 2.13. The van der Waals surface area contributed by atoms with Gasteiger partial charge in [-0.3, -0.25) is 14.7 Å². The van der Waals surface area contributed by atoms with Crippen molar-refractivity contribution in [2.75, 3.05) is 26.2 Å². The van der Waals surface area contributed by atoms with Crippen molar-refractivity contribution < 1.29 is 14.7 Å². The smallest absolute Gasteiger partial charge is 0.273 e. The first-order valence-electron chi connectivity index (χ1n) is 9.78. The summed E-state index contributed by atoms with van der Waals surface area (Å²) in [7, 11) is 0. The number of aromatic nitrogens is 2. The number of H-pyrrole nitrogens is 1. The Kier molecular flexibility index (Phi) is 6.62. The number of aromatic amines is 1. The molecule has 29 heavy (non-hydrogen) atoms. The molecule has 0 radical (unpaired) electrons. The molecule has 1 fully saturated rings. The van der Waals surface area contributed by atoms with Crippen LogP contribution in [0.5, 0.6) is 0 Å². The number of aliphatic hydroxyl groups excluding tert-OH is 1. The minimum absolute atomic E-state index is 0.0443. The highest BCUT2D eigenvalue weighted by Gasteiger charge is 2.29. The Morgan fingerprint density at radius 2 is 1.86 bits per heavy atom. The van der Waals surface area contributed by atoms with E-state index in [1.54, 1.807) is 4.90 Å². The fraction of sp³-hybridized carbons (Fsp3) is 0.429. The van der Waals surface area contributed by atoms with Crippen LogP contribution in [0.15, 0.2) is 30.5 Å². The number of aryl methyl sites for hydroxylation is 2. The van der Waals surface area contributed by atoms with E-state index in [2.05, 4.69) is 29.3 Å². The summed E-state index contributed by atoms with van der Waals surface area (Å²) < 4.78 is 0. The number of nitriles is 1. The van der Waals surface area contributed by atoms with E-state index in [1.807, 2.05) is 18.2 Å². The van der Waals surface area contributed by atoms with E-state index >= 15 is 0 Å². The van der Waals surface area contributed by atoms with E-state index in [0.29, 0.717) is 19.4 Å². The van der Waals surface area contributed by atoms with Gasteiger partial charge in [-0.15, -0.1) is 0 Å². The lowest BCUT2D eigenvalue weighted by Crippen LogP contribution is -2.38. The van der Waals surface area contributed by atoms with Crippen LogP contribution in [0.3, 0.4) is 0 Å². The molecule has 152 valence electrons. The number of carbonyl (C=O) groups excluding carboxylic acids is 2. The second kappa shape index (κ2) is 9.34. The molecule has 0 bridgehead atoms. The standard InChI is InChI=1S/C21H25N5O3/c1-2-15-3-5-16(6-4-15)7-8-19(28)25-9-10-26(14-18(27)13-25)21(29)20-17(11-22)12-23-24-20/h3-6,12,18,27H,2,7-10,13-14H2,1H3,(H,23,24). The van der Waals surface area contributed by atoms with Gasteiger partial charge in [-0.2, -0.15) is 10.4 Å². The van der Waals surface area contributed by atoms with Gasteiger partial charge in [0, 0.05) is 32.6 Å². The molecule has 1 aliphatic heterocycles. The van der Waals surface area contributed by atoms with E-state index in [9.17, 15) is 14.7 Å². The molecule has 3 rings (SSSR count). The van der Waals surface area contributed by atoms with Gasteiger partial charge < -0.3 is 14.9 Å². The zero-order valence-electron chi connectivity index (χ0n) is 16.5. The second-order valence-electron chi connectivity index (χ2n) is 7.19. The van der Waals surface area contributed by atoms with E-state index in [1.165, 1.54) is 16.7 Å². The topological polar surface area (TPSA) is 113 Å². The molecule has 2 N–H and O–H groups in total. The normalized spacial score (nSPS) is 16.9. The van der Waals surface area contributed by atoms with Crippen LogP contribution >= 0.6 is 0 Å². The summed E-state index contributed by atoms with van der Waals surface area (Å²) in [4.78, 5) is 28.4. The lowest BCUT2D eigenvalue weighted by atomic mass is 10.1. The highest BCUT2D eigenvalue weighted by atomic mass is 16.3. The van der Waals surface area contributed by atoms with Gasteiger partial charge >= 0.3 is 0 Å². The molecular weight excluding hydrogens is 370 g/mol. The van der Waals surface area contributed by atoms with Gasteiger partial charge in [0.25, 0.3) is 5.91 Å². The molecular formula is C21H25N5O3. The van der Waals surface area contributed by atoms with Crippen molar-refractivity contribution >= 4 is 11.8 Å². The van der Waals surface area contributed by atoms with Gasteiger partial charge in [0.1, 0.15) is 17.3 Å². The molecule has 1 saturated heterocycles. The van der Waals surface area contributed by atoms with Crippen molar-refractivity contribution in [3.8, 4) is 6.07 Å². The van der Waals surface area contributed by atoms with Crippen molar-refractivity contribution in [2.24, 2.45) is 0 Å². The number of β-amino-alcohol motifs (C(OH)–C–C–N with tert-alkyl or cyclic N) is 1. The second-order valence-corrected chi connectivity index (χ2v) is 7.19. The summed E-state index contributed by atoms with van der Waals surface area (Å²) in [5.74, 6) is -0.444. The zero-order chi connectivity index (χ0) is 20.8. The summed E-state index contributed by atoms with van der Waals surface area (Å²) in [5.41, 5.74) is 2.63. The first-order valence-corrected chi connectivity index (χ1v) is 9.78. The highest BCUT2D eigenvalue weighted by molar-refractivity contribution is 5.94. The molecule has 1 aliphatic rings. The predicted octanol–water partition coefficient (Wildman–Crippen LogP) is 1.12. The van der Waals surface area contributed by atoms with Gasteiger partial charge in [-0.05, 0) is 24.0 Å². The number of nitrogens with one attached hydrogen (secondary N) is 1. The minimum Gasteiger partial charge on any atom is -0.389 e. The van der Waals surface area contributed by atoms with Gasteiger partial charge in [0.15, 0.2) is 0 Å². The molecule has 8 heteroatoms. The van der Waals surface area contributed by atoms with Crippen molar-refractivity contribution in [3.63, 3.8) is 0 Å². The van der Waals surface area contributed by atoms with Crippen LogP contribution in [0.1, 0.15) is 40.5 Å². The van der Waals surface area contributed by atoms with Crippen LogP contribution in [0.2, 0.25) is 0 Å². The number of hydrogen-bond donors (Lipinski definition) is 2. The number of rotatable bonds is 5. The molecule has 0 aliphatic carbocycles. The first kappa shape index (κ1) is 20.6. The molecule has 2 aromatic rings. The lowest BCUT2D eigenvalue weighted by Gasteiger charge is -2.22. The van der Waals surface area contributed by atoms with Gasteiger partial charge in [-0.1, -0.05) is 31.2 Å². The molecule has 1 aromatic heterocycles. The number of carbonyl (C=O) groups is 2. The molecule has 2 heterocycles. The maximum Gasteiger partial charge on any atom is 0.273 e. The molecule has 2 amide bonds. The van der Waals surface area contributed by atoms with Crippen LogP contribution < -0.4 is 0 Å². The summed E-state index contributed by atoms with van der Waals surface area (Å²) in [6.07, 6.45) is 2.42. The number of benzene rings is 1. The van der Waals surface area contributed by atoms with Crippen molar-refractivity contribution in [2.45, 2.75) is 32.3 Å². The van der Waals surface area contributed by atoms with Gasteiger partial charge in [0.05, 0.1) is 12.3 Å². The molecule has 8 nitrogen and oxygen atoms in total. The fourth-order valence-corrected chi connectivity index (χ4v) is 3.44. The molecule has 1 aromatic carbocycles. The first-order chi connectivity index (χ1) is 14.0. The van der Waals surface area contributed by atoms with E-state index in [-0.39, 0.29) is 36.8 Å². The number of aliphatic hydroxyl groups is 1. The average Bonchev–Trinajstić information content (AvgIpc) is 3.13. The van der Waals surface area contributed by atoms with Crippen molar-refractivity contribution in [3.05, 3.63) is 52.8 Å². The fourth-order valence-electron chi connectivity index (χ4n) is 3.44. The monoisotopic (exact) mass is 395 g/mol. The van der Waals surface area contributed by atoms with Gasteiger partial charge in [0.2, 0.25) is 5.91 Å². The van der Waals surface area contributed by atoms with Crippen LogP contribution in [0.25, 0.3) is 0 Å². The largest absolute Gasteiger partial charge is 0.389 e. The Hall–Kier alpha value is -3.18. The quantitative estimate of drug-likeness (QED) is 0.788. The summed E-state index contributed by atoms with van der Waals surface area (Å²) in [6, 6.07) is 10.2. The Morgan fingerprint density at radius 3 is 2.55 bits per heavy atom. The maximum atomic E-state index is 12.7. The van der Waals surface area contributed by atoms with Crippen molar-refractivity contribution in [1.29, 1.82) is 5.26 Å². The Morgan fingerprint density at radius 1 is 1.21 bits per heavy atom. The lowest BCUT2D eigenvalue weighted by molar-refractivity contribution is -0.132. The average molecular weight is 395 g/mol. The molecule has 1 unspecified atom stereocenters. The number of amides is 2. The van der Waals surface area contributed by atoms with E-state index < -0.39 is 12.0 Å². The van der Waals surface area contributed by atoms with Crippen LogP contribution in [-0.2, 0) is 17.6 Å². The number of nitrogens with zero attached hydrogens (tertiary/aromatic N) is 4. The minimum atomic E-state index is -0.845. The van der Waals surface area contributed by atoms with Crippen LogP contribution in [0.4, 0.5) is 0 Å². The maximum absolute atomic E-state index is 12.7. The van der Waals surface area contributed by atoms with Crippen LogP contribution in [-0.4, -0.2) is 69.2 Å². The Labute approximate surface area is 169 Å².